The summed E-state index contributed by atoms with van der Waals surface area (Å²) < 4.78 is 0. The first-order valence-corrected chi connectivity index (χ1v) is 7.81. The molecule has 0 N–H and O–H groups in total. The van der Waals surface area contributed by atoms with E-state index in [1.54, 1.807) is 0 Å². The molecule has 138 valence electrons. The van der Waals surface area contributed by atoms with Crippen molar-refractivity contribution in [3.8, 4) is 12.8 Å². The molecule has 0 aromatic heterocycles. The van der Waals surface area contributed by atoms with E-state index in [1.807, 2.05) is 13.8 Å². The predicted molar refractivity (Wildman–Crippen MR) is 115 cm³/mol. The van der Waals surface area contributed by atoms with Crippen LogP contribution in [0.25, 0.3) is 0 Å². The van der Waals surface area contributed by atoms with E-state index in [4.69, 9.17) is 0 Å². The van der Waals surface area contributed by atoms with Crippen LogP contribution < -0.4 is 0 Å². The van der Waals surface area contributed by atoms with Gasteiger partial charge in [0.15, 0.2) is 0 Å². The summed E-state index contributed by atoms with van der Waals surface area (Å²) in [4.78, 5) is 0. The zero-order valence-corrected chi connectivity index (χ0v) is 16.0. The van der Waals surface area contributed by atoms with Gasteiger partial charge in [-0.25, -0.2) is 0 Å². The number of hydrogen-bond donors (Lipinski definition) is 0. The maximum atomic E-state index is 4.00. The van der Waals surface area contributed by atoms with Crippen molar-refractivity contribution in [2.75, 3.05) is 0 Å². The van der Waals surface area contributed by atoms with Crippen LogP contribution in [0.1, 0.15) is 96.4 Å². The first kappa shape index (κ1) is 42.9. The van der Waals surface area contributed by atoms with Gasteiger partial charge in [0.2, 0.25) is 0 Å². The molecule has 0 nitrogen and oxygen atoms in total. The zero-order chi connectivity index (χ0) is 17.8. The van der Waals surface area contributed by atoms with E-state index in [1.165, 1.54) is 18.4 Å². The highest BCUT2D eigenvalue weighted by Crippen LogP contribution is 2.25. The van der Waals surface area contributed by atoms with E-state index in [0.717, 1.165) is 12.3 Å². The Hall–Kier alpha value is -0.960. The monoisotopic (exact) mass is 314 g/mol. The standard InChI is InChI=1S/C8H16.C6H14.C2H6.C2H4.C2H2.2CH4/c1-6-7(2)8(3,4)5;1-4-6(3)5-2;3*1-2;;/h2,6H2,1,3-5H3;6H,4-5H2,1-3H3;1-2H3;1-2H2;1-2H;2*1H4. The molecule has 0 atom stereocenters. The van der Waals surface area contributed by atoms with Gasteiger partial charge in [0.25, 0.3) is 0 Å². The van der Waals surface area contributed by atoms with E-state index in [2.05, 4.69) is 81.0 Å². The molecule has 0 radical (unpaired) electrons. The Morgan fingerprint density at radius 2 is 1.14 bits per heavy atom. The summed E-state index contributed by atoms with van der Waals surface area (Å²) in [5.74, 6) is 0.935. The summed E-state index contributed by atoms with van der Waals surface area (Å²) in [7, 11) is 0. The largest absolute Gasteiger partial charge is 0.124 e. The second kappa shape index (κ2) is 36.9. The Labute approximate surface area is 146 Å². The molecule has 0 heteroatoms. The van der Waals surface area contributed by atoms with Crippen LogP contribution in [0.3, 0.4) is 0 Å². The highest BCUT2D eigenvalue weighted by Gasteiger charge is 2.11. The van der Waals surface area contributed by atoms with Gasteiger partial charge in [0, 0.05) is 0 Å². The Balaban J connectivity index is -0.0000000289. The average Bonchev–Trinajstić information content (AvgIpc) is 2.51. The molecule has 0 rings (SSSR count). The van der Waals surface area contributed by atoms with Gasteiger partial charge >= 0.3 is 0 Å². The number of hydrogen-bond acceptors (Lipinski definition) is 0. The third kappa shape index (κ3) is 50.8. The van der Waals surface area contributed by atoms with Crippen molar-refractivity contribution in [2.24, 2.45) is 11.3 Å². The zero-order valence-electron chi connectivity index (χ0n) is 16.0. The van der Waals surface area contributed by atoms with Gasteiger partial charge in [-0.2, -0.15) is 0 Å². The van der Waals surface area contributed by atoms with Gasteiger partial charge in [0.05, 0.1) is 0 Å². The first-order valence-electron chi connectivity index (χ1n) is 7.81. The molecule has 0 aromatic rings. The second-order valence-electron chi connectivity index (χ2n) is 5.13. The van der Waals surface area contributed by atoms with Crippen LogP contribution in [-0.4, -0.2) is 0 Å². The fourth-order valence-electron chi connectivity index (χ4n) is 0.819. The number of terminal acetylenes is 1. The van der Waals surface area contributed by atoms with E-state index in [9.17, 15) is 0 Å². The van der Waals surface area contributed by atoms with Crippen molar-refractivity contribution >= 4 is 0 Å². The van der Waals surface area contributed by atoms with E-state index in [0.29, 0.717) is 5.41 Å². The molecule has 0 saturated heterocycles. The summed E-state index contributed by atoms with van der Waals surface area (Å²) in [5, 5.41) is 0. The average molecular weight is 315 g/mol. The summed E-state index contributed by atoms with van der Waals surface area (Å²) >= 11 is 0. The minimum Gasteiger partial charge on any atom is -0.124 e. The van der Waals surface area contributed by atoms with Crippen molar-refractivity contribution in [2.45, 2.75) is 96.4 Å². The van der Waals surface area contributed by atoms with E-state index >= 15 is 0 Å². The fraction of sp³-hybridized carbons (Fsp3) is 0.727. The summed E-state index contributed by atoms with van der Waals surface area (Å²) in [6.07, 6.45) is 11.8. The molecule has 0 unspecified atom stereocenters. The van der Waals surface area contributed by atoms with Gasteiger partial charge < -0.3 is 0 Å². The molecule has 0 fully saturated rings. The molecule has 0 heterocycles. The van der Waals surface area contributed by atoms with Crippen LogP contribution in [0.15, 0.2) is 25.3 Å². The lowest BCUT2D eigenvalue weighted by molar-refractivity contribution is 0.490. The van der Waals surface area contributed by atoms with Crippen LogP contribution in [-0.2, 0) is 0 Å². The first-order chi connectivity index (χ1) is 9.29. The number of allylic oxidation sites excluding steroid dienone is 1. The van der Waals surface area contributed by atoms with Crippen molar-refractivity contribution < 1.29 is 0 Å². The van der Waals surface area contributed by atoms with Gasteiger partial charge in [-0.05, 0) is 17.8 Å². The third-order valence-electron chi connectivity index (χ3n) is 2.88. The molecular weight excluding hydrogens is 264 g/mol. The predicted octanol–water partition coefficient (Wildman–Crippen LogP) is 8.79. The quantitative estimate of drug-likeness (QED) is 0.360. The molecule has 22 heavy (non-hydrogen) atoms. The molecule has 0 bridgehead atoms. The van der Waals surface area contributed by atoms with Gasteiger partial charge in [0.1, 0.15) is 0 Å². The molecule has 0 aromatic carbocycles. The lowest BCUT2D eigenvalue weighted by atomic mass is 9.86. The third-order valence-corrected chi connectivity index (χ3v) is 2.88. The second-order valence-corrected chi connectivity index (χ2v) is 5.13. The molecule has 0 amide bonds. The Morgan fingerprint density at radius 1 is 0.909 bits per heavy atom. The number of rotatable bonds is 3. The van der Waals surface area contributed by atoms with Crippen molar-refractivity contribution in [3.05, 3.63) is 25.3 Å². The molecular formula is C22H50. The minimum atomic E-state index is 0. The minimum absolute atomic E-state index is 0. The summed E-state index contributed by atoms with van der Waals surface area (Å²) in [6, 6.07) is 0. The topological polar surface area (TPSA) is 0 Å². The Bertz CT molecular complexity index is 174. The van der Waals surface area contributed by atoms with Crippen molar-refractivity contribution in [1.82, 2.24) is 0 Å². The summed E-state index contributed by atoms with van der Waals surface area (Å²) in [5.41, 5.74) is 1.65. The maximum Gasteiger partial charge on any atom is -0.0176 e. The highest BCUT2D eigenvalue weighted by molar-refractivity contribution is 5.03. The molecule has 0 aliphatic carbocycles. The molecule has 0 spiro atoms. The van der Waals surface area contributed by atoms with Crippen molar-refractivity contribution in [1.29, 1.82) is 0 Å². The summed E-state index contributed by atoms with van der Waals surface area (Å²) in [6.45, 7) is 29.4. The van der Waals surface area contributed by atoms with Gasteiger partial charge in [-0.1, -0.05) is 102 Å². The molecule has 0 saturated carbocycles. The SMILES string of the molecule is C.C.C#C.C=C.C=C(CC)C(C)(C)C.CC.CCC(C)CC. The Kier molecular flexibility index (Phi) is 71.8. The van der Waals surface area contributed by atoms with Crippen LogP contribution in [0, 0.1) is 24.2 Å². The van der Waals surface area contributed by atoms with Crippen LogP contribution in [0.4, 0.5) is 0 Å². The van der Waals surface area contributed by atoms with E-state index < -0.39 is 0 Å². The van der Waals surface area contributed by atoms with Crippen LogP contribution >= 0.6 is 0 Å². The van der Waals surface area contributed by atoms with Gasteiger partial charge in [-0.3, -0.25) is 0 Å². The fourth-order valence-corrected chi connectivity index (χ4v) is 0.819. The smallest absolute Gasteiger partial charge is 0.0176 e. The van der Waals surface area contributed by atoms with Gasteiger partial charge in [-0.15, -0.1) is 26.0 Å². The normalized spacial score (nSPS) is 7.45. The highest BCUT2D eigenvalue weighted by atomic mass is 14.2. The van der Waals surface area contributed by atoms with Crippen LogP contribution in [0.2, 0.25) is 0 Å². The van der Waals surface area contributed by atoms with Crippen molar-refractivity contribution in [3.63, 3.8) is 0 Å². The lowest BCUT2D eigenvalue weighted by Crippen LogP contribution is -2.06. The maximum absolute atomic E-state index is 4.00. The van der Waals surface area contributed by atoms with E-state index in [-0.39, 0.29) is 14.9 Å². The lowest BCUT2D eigenvalue weighted by Gasteiger charge is -2.19. The Morgan fingerprint density at radius 3 is 1.14 bits per heavy atom. The van der Waals surface area contributed by atoms with Crippen LogP contribution in [0.5, 0.6) is 0 Å². The molecule has 0 aliphatic rings. The molecule has 0 aliphatic heterocycles.